The van der Waals surface area contributed by atoms with Crippen LogP contribution in [-0.4, -0.2) is 42.4 Å². The van der Waals surface area contributed by atoms with Crippen molar-refractivity contribution in [3.05, 3.63) is 52.5 Å². The van der Waals surface area contributed by atoms with Gasteiger partial charge in [0, 0.05) is 11.1 Å². The predicted molar refractivity (Wildman–Crippen MR) is 102 cm³/mol. The lowest BCUT2D eigenvalue weighted by atomic mass is 10.2. The predicted octanol–water partition coefficient (Wildman–Crippen LogP) is 3.65. The Kier molecular flexibility index (Phi) is 5.51. The van der Waals surface area contributed by atoms with Crippen molar-refractivity contribution in [2.45, 2.75) is 0 Å². The number of aromatic nitrogens is 3. The zero-order valence-corrected chi connectivity index (χ0v) is 15.7. The van der Waals surface area contributed by atoms with E-state index in [2.05, 4.69) is 15.3 Å². The van der Waals surface area contributed by atoms with Crippen molar-refractivity contribution >= 4 is 18.4 Å². The minimum Gasteiger partial charge on any atom is -0.493 e. The van der Waals surface area contributed by atoms with E-state index in [0.717, 1.165) is 0 Å². The van der Waals surface area contributed by atoms with E-state index < -0.39 is 0 Å². The molecule has 0 spiro atoms. The average Bonchev–Trinajstić information content (AvgIpc) is 3.06. The van der Waals surface area contributed by atoms with E-state index in [-0.39, 0.29) is 5.82 Å². The second-order valence-electron chi connectivity index (χ2n) is 5.37. The third-order valence-corrected chi connectivity index (χ3v) is 4.03. The number of methoxy groups -OCH3 is 3. The molecule has 0 aliphatic carbocycles. The maximum Gasteiger partial charge on any atom is 0.216 e. The normalized spacial score (nSPS) is 11.0. The Bertz CT molecular complexity index is 1000. The van der Waals surface area contributed by atoms with Crippen molar-refractivity contribution in [1.82, 2.24) is 14.9 Å². The molecule has 3 aromatic rings. The fourth-order valence-corrected chi connectivity index (χ4v) is 2.66. The van der Waals surface area contributed by atoms with Gasteiger partial charge in [0.05, 0.1) is 27.5 Å². The van der Waals surface area contributed by atoms with Gasteiger partial charge in [-0.1, -0.05) is 0 Å². The summed E-state index contributed by atoms with van der Waals surface area (Å²) in [5.74, 6) is 1.63. The number of halogens is 1. The molecule has 0 bridgehead atoms. The number of hydrogen-bond acceptors (Lipinski definition) is 6. The van der Waals surface area contributed by atoms with Crippen molar-refractivity contribution in [2.75, 3.05) is 21.3 Å². The van der Waals surface area contributed by atoms with Gasteiger partial charge in [0.15, 0.2) is 17.3 Å². The molecule has 0 unspecified atom stereocenters. The van der Waals surface area contributed by atoms with Gasteiger partial charge in [-0.15, -0.1) is 0 Å². The molecule has 0 saturated heterocycles. The number of ether oxygens (including phenoxy) is 3. The molecule has 2 aromatic carbocycles. The van der Waals surface area contributed by atoms with Gasteiger partial charge in [-0.2, -0.15) is 14.9 Å². The van der Waals surface area contributed by atoms with Gasteiger partial charge in [0.1, 0.15) is 5.82 Å². The lowest BCUT2D eigenvalue weighted by Crippen LogP contribution is -1.98. The first-order chi connectivity index (χ1) is 13.1. The van der Waals surface area contributed by atoms with Crippen molar-refractivity contribution in [2.24, 2.45) is 5.10 Å². The van der Waals surface area contributed by atoms with Crippen LogP contribution in [0.15, 0.2) is 41.5 Å². The lowest BCUT2D eigenvalue weighted by Gasteiger charge is -2.12. The Morgan fingerprint density at radius 1 is 1.07 bits per heavy atom. The molecule has 0 aliphatic heterocycles. The van der Waals surface area contributed by atoms with Crippen LogP contribution in [0, 0.1) is 10.6 Å². The highest BCUT2D eigenvalue weighted by Gasteiger charge is 2.13. The third-order valence-electron chi connectivity index (χ3n) is 3.76. The first kappa shape index (κ1) is 18.6. The largest absolute Gasteiger partial charge is 0.493 e. The number of nitrogens with zero attached hydrogens (tertiary/aromatic N) is 3. The molecular formula is C18H17FN4O3S. The second-order valence-corrected chi connectivity index (χ2v) is 5.76. The van der Waals surface area contributed by atoms with Crippen LogP contribution in [0.1, 0.15) is 5.56 Å². The maximum absolute atomic E-state index is 13.2. The third kappa shape index (κ3) is 3.82. The Morgan fingerprint density at radius 3 is 2.26 bits per heavy atom. The van der Waals surface area contributed by atoms with Gasteiger partial charge < -0.3 is 14.2 Å². The highest BCUT2D eigenvalue weighted by atomic mass is 32.1. The number of benzene rings is 2. The van der Waals surface area contributed by atoms with E-state index >= 15 is 0 Å². The van der Waals surface area contributed by atoms with Crippen molar-refractivity contribution < 1.29 is 18.6 Å². The minimum absolute atomic E-state index is 0.304. The highest BCUT2D eigenvalue weighted by molar-refractivity contribution is 7.71. The van der Waals surface area contributed by atoms with Crippen LogP contribution in [0.25, 0.3) is 11.4 Å². The van der Waals surface area contributed by atoms with Gasteiger partial charge in [0.25, 0.3) is 0 Å². The topological polar surface area (TPSA) is 73.7 Å². The summed E-state index contributed by atoms with van der Waals surface area (Å²) in [6, 6.07) is 9.41. The van der Waals surface area contributed by atoms with Gasteiger partial charge in [-0.25, -0.2) is 9.49 Å². The van der Waals surface area contributed by atoms with Gasteiger partial charge in [0.2, 0.25) is 10.5 Å². The van der Waals surface area contributed by atoms with E-state index in [9.17, 15) is 4.39 Å². The Balaban J connectivity index is 2.01. The summed E-state index contributed by atoms with van der Waals surface area (Å²) in [4.78, 5) is 0. The molecule has 9 heteroatoms. The molecule has 27 heavy (non-hydrogen) atoms. The molecule has 0 aliphatic rings. The number of aromatic amines is 1. The van der Waals surface area contributed by atoms with Crippen LogP contribution >= 0.6 is 12.2 Å². The monoisotopic (exact) mass is 388 g/mol. The fourth-order valence-electron chi connectivity index (χ4n) is 2.48. The first-order valence-electron chi connectivity index (χ1n) is 7.85. The Morgan fingerprint density at radius 2 is 1.70 bits per heavy atom. The van der Waals surface area contributed by atoms with E-state index in [0.29, 0.717) is 39.0 Å². The summed E-state index contributed by atoms with van der Waals surface area (Å²) in [6.07, 6.45) is 1.59. The molecule has 3 rings (SSSR count). The molecule has 7 nitrogen and oxygen atoms in total. The summed E-state index contributed by atoms with van der Waals surface area (Å²) >= 11 is 5.24. The molecule has 1 heterocycles. The molecule has 0 atom stereocenters. The SMILES string of the molecule is COc1cc(C=Nn2c(-c3ccc(F)cc3)n[nH]c2=S)cc(OC)c1OC. The smallest absolute Gasteiger partial charge is 0.216 e. The number of H-pyrrole nitrogens is 1. The van der Waals surface area contributed by atoms with Crippen molar-refractivity contribution in [1.29, 1.82) is 0 Å². The standard InChI is InChI=1S/C18H17FN4O3S/c1-24-14-8-11(9-15(25-2)16(14)26-3)10-20-23-17(21-22-18(23)27)12-4-6-13(19)7-5-12/h4-10H,1-3H3,(H,22,27). The molecule has 0 fully saturated rings. The van der Waals surface area contributed by atoms with Crippen LogP contribution in [0.2, 0.25) is 0 Å². The summed E-state index contributed by atoms with van der Waals surface area (Å²) < 4.78 is 30.9. The van der Waals surface area contributed by atoms with Crippen LogP contribution < -0.4 is 14.2 Å². The van der Waals surface area contributed by atoms with Crippen LogP contribution in [-0.2, 0) is 0 Å². The summed E-state index contributed by atoms with van der Waals surface area (Å²) in [5.41, 5.74) is 1.38. The van der Waals surface area contributed by atoms with E-state index in [1.54, 1.807) is 30.5 Å². The molecule has 0 amide bonds. The van der Waals surface area contributed by atoms with Crippen LogP contribution in [0.5, 0.6) is 17.2 Å². The van der Waals surface area contributed by atoms with Gasteiger partial charge in [-0.3, -0.25) is 0 Å². The maximum atomic E-state index is 13.2. The molecule has 140 valence electrons. The average molecular weight is 388 g/mol. The molecule has 0 saturated carbocycles. The van der Waals surface area contributed by atoms with E-state index in [4.69, 9.17) is 26.4 Å². The van der Waals surface area contributed by atoms with E-state index in [1.165, 1.54) is 38.1 Å². The van der Waals surface area contributed by atoms with Crippen LogP contribution in [0.4, 0.5) is 4.39 Å². The lowest BCUT2D eigenvalue weighted by molar-refractivity contribution is 0.324. The number of hydrogen-bond donors (Lipinski definition) is 1. The number of rotatable bonds is 6. The first-order valence-corrected chi connectivity index (χ1v) is 8.26. The molecule has 1 N–H and O–H groups in total. The second kappa shape index (κ2) is 8.00. The van der Waals surface area contributed by atoms with Gasteiger partial charge >= 0.3 is 0 Å². The summed E-state index contributed by atoms with van der Waals surface area (Å²) in [7, 11) is 4.61. The molecule has 0 radical (unpaired) electrons. The molecular weight excluding hydrogens is 371 g/mol. The quantitative estimate of drug-likeness (QED) is 0.515. The number of nitrogens with one attached hydrogen (secondary N) is 1. The van der Waals surface area contributed by atoms with Gasteiger partial charge in [-0.05, 0) is 48.6 Å². The van der Waals surface area contributed by atoms with Crippen molar-refractivity contribution in [3.63, 3.8) is 0 Å². The van der Waals surface area contributed by atoms with Crippen LogP contribution in [0.3, 0.4) is 0 Å². The van der Waals surface area contributed by atoms with Crippen molar-refractivity contribution in [3.8, 4) is 28.6 Å². The highest BCUT2D eigenvalue weighted by Crippen LogP contribution is 2.37. The summed E-state index contributed by atoms with van der Waals surface area (Å²) in [5, 5.41) is 11.2. The Hall–Kier alpha value is -3.20. The zero-order valence-electron chi connectivity index (χ0n) is 14.9. The zero-order chi connectivity index (χ0) is 19.4. The van der Waals surface area contributed by atoms with E-state index in [1.807, 2.05) is 0 Å². The minimum atomic E-state index is -0.333. The molecule has 1 aromatic heterocycles. The Labute approximate surface area is 160 Å². The summed E-state index contributed by atoms with van der Waals surface area (Å²) in [6.45, 7) is 0. The fraction of sp³-hybridized carbons (Fsp3) is 0.167.